The molecule has 2 atom stereocenters. The monoisotopic (exact) mass is 574 g/mol. The lowest BCUT2D eigenvalue weighted by Crippen LogP contribution is -2.29. The Morgan fingerprint density at radius 3 is 1.54 bits per heavy atom. The maximum atomic E-state index is 11.5. The number of rotatable bonds is 5. The van der Waals surface area contributed by atoms with E-state index >= 15 is 0 Å². The Bertz CT molecular complexity index is 912. The molecule has 0 radical (unpaired) electrons. The zero-order valence-electron chi connectivity index (χ0n) is 22.8. The second kappa shape index (κ2) is 17.2. The normalized spacial score (nSPS) is 16.6. The van der Waals surface area contributed by atoms with Gasteiger partial charge in [0.25, 0.3) is 0 Å². The number of ether oxygens (including phenoxy) is 2. The highest BCUT2D eigenvalue weighted by Gasteiger charge is 2.17. The summed E-state index contributed by atoms with van der Waals surface area (Å²) >= 11 is 3.33. The van der Waals surface area contributed by atoms with Gasteiger partial charge in [-0.15, -0.1) is 0 Å². The van der Waals surface area contributed by atoms with Crippen LogP contribution in [0.25, 0.3) is 0 Å². The van der Waals surface area contributed by atoms with Crippen molar-refractivity contribution in [1.29, 1.82) is 0 Å². The fourth-order valence-electron chi connectivity index (χ4n) is 4.30. The summed E-state index contributed by atoms with van der Waals surface area (Å²) < 4.78 is 10.4. The number of carbonyl (C=O) groups excluding carboxylic acids is 2. The first-order valence-corrected chi connectivity index (χ1v) is 14.1. The zero-order chi connectivity index (χ0) is 27.0. The van der Waals surface area contributed by atoms with Crippen molar-refractivity contribution in [2.24, 2.45) is 0 Å². The summed E-state index contributed by atoms with van der Waals surface area (Å²) in [5.74, 6) is -0.772. The minimum atomic E-state index is -0.206. The minimum Gasteiger partial charge on any atom is -0.469 e. The van der Waals surface area contributed by atoms with Crippen LogP contribution in [0.3, 0.4) is 0 Å². The fraction of sp³-hybridized carbons (Fsp3) is 0.533. The van der Waals surface area contributed by atoms with Crippen LogP contribution in [0.15, 0.2) is 53.0 Å². The van der Waals surface area contributed by atoms with E-state index in [-0.39, 0.29) is 23.8 Å². The van der Waals surface area contributed by atoms with Gasteiger partial charge in [0.1, 0.15) is 0 Å². The van der Waals surface area contributed by atoms with Gasteiger partial charge < -0.3 is 19.7 Å². The van der Waals surface area contributed by atoms with Crippen molar-refractivity contribution < 1.29 is 19.1 Å². The van der Waals surface area contributed by atoms with Crippen molar-refractivity contribution in [2.75, 3.05) is 45.3 Å². The number of nitrogens with zero attached hydrogens (tertiary/aromatic N) is 1. The summed E-state index contributed by atoms with van der Waals surface area (Å²) in [7, 11) is 2.83. The van der Waals surface area contributed by atoms with Gasteiger partial charge >= 0.3 is 11.9 Å². The number of methoxy groups -OCH3 is 2. The van der Waals surface area contributed by atoms with Crippen molar-refractivity contribution in [3.8, 4) is 0 Å². The molecule has 0 bridgehead atoms. The van der Waals surface area contributed by atoms with Crippen LogP contribution >= 0.6 is 15.9 Å². The van der Waals surface area contributed by atoms with Crippen molar-refractivity contribution in [2.45, 2.75) is 64.2 Å². The van der Waals surface area contributed by atoms with Crippen LogP contribution in [0, 0.1) is 0 Å². The van der Waals surface area contributed by atoms with Gasteiger partial charge in [-0.25, -0.2) is 0 Å². The third kappa shape index (κ3) is 10.9. The van der Waals surface area contributed by atoms with Gasteiger partial charge in [-0.1, -0.05) is 46.6 Å². The molecular formula is C30H43BrN2O4. The van der Waals surface area contributed by atoms with E-state index in [0.717, 1.165) is 28.7 Å². The number of carbonyl (C=O) groups is 2. The van der Waals surface area contributed by atoms with Gasteiger partial charge in [0, 0.05) is 23.2 Å². The van der Waals surface area contributed by atoms with Gasteiger partial charge in [0.05, 0.1) is 26.1 Å². The van der Waals surface area contributed by atoms with E-state index < -0.39 is 0 Å². The molecule has 1 N–H and O–H groups in total. The number of benzene rings is 2. The largest absolute Gasteiger partial charge is 0.469 e. The summed E-state index contributed by atoms with van der Waals surface area (Å²) in [6, 6.07) is 15.9. The van der Waals surface area contributed by atoms with Crippen LogP contribution in [-0.2, 0) is 19.1 Å². The average molecular weight is 576 g/mol. The number of piperidine rings is 2. The summed E-state index contributed by atoms with van der Waals surface area (Å²) in [4.78, 5) is 25.0. The smallest absolute Gasteiger partial charge is 0.312 e. The molecule has 6 nitrogen and oxygen atoms in total. The molecule has 204 valence electrons. The standard InChI is InChI=1S/C15H21NO2.C10H11BrO2.C5H11N/c1-12(15(17)18-2)13-6-8-14(9-7-13)16-10-4-3-5-11-16;1-7(10(12)13-2)8-3-5-9(11)6-4-8;1-2-4-6-5-3-1/h6-9,12H,3-5,10-11H2,1-2H3;3-7H,1-2H3;6H,1-5H2. The Hall–Kier alpha value is -2.38. The van der Waals surface area contributed by atoms with E-state index in [2.05, 4.69) is 43.0 Å². The first kappa shape index (κ1) is 30.8. The van der Waals surface area contributed by atoms with E-state index in [0.29, 0.717) is 0 Å². The predicted octanol–water partition coefficient (Wildman–Crippen LogP) is 6.44. The van der Waals surface area contributed by atoms with Crippen molar-refractivity contribution in [1.82, 2.24) is 5.32 Å². The molecular weight excluding hydrogens is 532 g/mol. The first-order valence-electron chi connectivity index (χ1n) is 13.3. The number of nitrogens with one attached hydrogen (secondary N) is 1. The minimum absolute atomic E-state index is 0.180. The van der Waals surface area contributed by atoms with Gasteiger partial charge in [-0.2, -0.15) is 0 Å². The van der Waals surface area contributed by atoms with Crippen LogP contribution in [0.1, 0.15) is 75.3 Å². The van der Waals surface area contributed by atoms with E-state index in [1.807, 2.05) is 50.2 Å². The van der Waals surface area contributed by atoms with Crippen LogP contribution in [-0.4, -0.2) is 52.3 Å². The molecule has 7 heteroatoms. The Balaban J connectivity index is 0.000000220. The summed E-state index contributed by atoms with van der Waals surface area (Å²) in [6.45, 7) is 8.49. The maximum absolute atomic E-state index is 11.5. The first-order chi connectivity index (χ1) is 17.9. The van der Waals surface area contributed by atoms with Gasteiger partial charge in [0.15, 0.2) is 0 Å². The lowest BCUT2D eigenvalue weighted by molar-refractivity contribution is -0.142. The molecule has 2 aromatic carbocycles. The second-order valence-electron chi connectivity index (χ2n) is 9.49. The Morgan fingerprint density at radius 2 is 1.16 bits per heavy atom. The van der Waals surface area contributed by atoms with Crippen molar-refractivity contribution in [3.63, 3.8) is 0 Å². The fourth-order valence-corrected chi connectivity index (χ4v) is 4.57. The molecule has 0 aliphatic carbocycles. The quantitative estimate of drug-likeness (QED) is 0.414. The lowest BCUT2D eigenvalue weighted by Gasteiger charge is -2.29. The number of hydrogen-bond donors (Lipinski definition) is 1. The summed E-state index contributed by atoms with van der Waals surface area (Å²) in [5, 5.41) is 3.28. The second-order valence-corrected chi connectivity index (χ2v) is 10.4. The van der Waals surface area contributed by atoms with Crippen LogP contribution < -0.4 is 10.2 Å². The molecule has 0 saturated carbocycles. The van der Waals surface area contributed by atoms with Gasteiger partial charge in [0.2, 0.25) is 0 Å². The average Bonchev–Trinajstić information content (AvgIpc) is 2.98. The number of esters is 2. The molecule has 2 unspecified atom stereocenters. The molecule has 37 heavy (non-hydrogen) atoms. The SMILES string of the molecule is C1CCNCC1.COC(=O)C(C)c1ccc(Br)cc1.COC(=O)C(C)c1ccc(N2CCCCC2)cc1. The highest BCUT2D eigenvalue weighted by atomic mass is 79.9. The number of halogens is 1. The Kier molecular flexibility index (Phi) is 14.3. The molecule has 2 heterocycles. The maximum Gasteiger partial charge on any atom is 0.312 e. The van der Waals surface area contributed by atoms with E-state index in [1.165, 1.54) is 71.5 Å². The Morgan fingerprint density at radius 1 is 0.730 bits per heavy atom. The lowest BCUT2D eigenvalue weighted by atomic mass is 10.0. The number of anilines is 1. The summed E-state index contributed by atoms with van der Waals surface area (Å²) in [5.41, 5.74) is 3.24. The predicted molar refractivity (Wildman–Crippen MR) is 154 cm³/mol. The van der Waals surface area contributed by atoms with Gasteiger partial charge in [-0.05, 0) is 94.4 Å². The Labute approximate surface area is 231 Å². The summed E-state index contributed by atoms with van der Waals surface area (Å²) in [6.07, 6.45) is 8.11. The van der Waals surface area contributed by atoms with Crippen LogP contribution in [0.2, 0.25) is 0 Å². The molecule has 4 rings (SSSR count). The number of hydrogen-bond acceptors (Lipinski definition) is 6. The highest BCUT2D eigenvalue weighted by Crippen LogP contribution is 2.24. The topological polar surface area (TPSA) is 67.9 Å². The molecule has 2 saturated heterocycles. The van der Waals surface area contributed by atoms with E-state index in [1.54, 1.807) is 0 Å². The van der Waals surface area contributed by atoms with Crippen LogP contribution in [0.4, 0.5) is 5.69 Å². The van der Waals surface area contributed by atoms with Gasteiger partial charge in [-0.3, -0.25) is 9.59 Å². The molecule has 0 spiro atoms. The molecule has 0 aromatic heterocycles. The molecule has 2 aromatic rings. The van der Waals surface area contributed by atoms with Crippen LogP contribution in [0.5, 0.6) is 0 Å². The zero-order valence-corrected chi connectivity index (χ0v) is 24.4. The molecule has 0 amide bonds. The molecule has 2 fully saturated rings. The highest BCUT2D eigenvalue weighted by molar-refractivity contribution is 9.10. The van der Waals surface area contributed by atoms with E-state index in [9.17, 15) is 9.59 Å². The molecule has 2 aliphatic heterocycles. The van der Waals surface area contributed by atoms with E-state index in [4.69, 9.17) is 4.74 Å². The third-order valence-corrected chi connectivity index (χ3v) is 7.33. The van der Waals surface area contributed by atoms with Crippen molar-refractivity contribution >= 4 is 33.6 Å². The molecule has 2 aliphatic rings. The third-order valence-electron chi connectivity index (χ3n) is 6.80. The van der Waals surface area contributed by atoms with Crippen molar-refractivity contribution in [3.05, 3.63) is 64.1 Å².